The fourth-order valence-corrected chi connectivity index (χ4v) is 3.94. The van der Waals surface area contributed by atoms with Crippen LogP contribution in [0.25, 0.3) is 33.5 Å². The highest BCUT2D eigenvalue weighted by molar-refractivity contribution is 5.86. The van der Waals surface area contributed by atoms with E-state index in [2.05, 4.69) is 30.3 Å². The second-order valence-corrected chi connectivity index (χ2v) is 7.59. The van der Waals surface area contributed by atoms with E-state index >= 15 is 0 Å². The largest absolute Gasteiger partial charge is 0.513 e. The van der Waals surface area contributed by atoms with E-state index in [1.54, 1.807) is 12.1 Å². The summed E-state index contributed by atoms with van der Waals surface area (Å²) in [5.74, 6) is 0.884. The molecular formula is C25H22N6O4. The minimum Gasteiger partial charge on any atom is -0.465 e. The first-order valence-electron chi connectivity index (χ1n) is 11.0. The monoisotopic (exact) mass is 470 g/mol. The lowest BCUT2D eigenvalue weighted by Crippen LogP contribution is -2.10. The van der Waals surface area contributed by atoms with Gasteiger partial charge in [-0.2, -0.15) is 4.98 Å². The number of hydrogen-bond acceptors (Lipinski definition) is 8. The summed E-state index contributed by atoms with van der Waals surface area (Å²) < 4.78 is 17.8. The molecule has 10 nitrogen and oxygen atoms in total. The number of carbonyl (C=O) groups excluding carboxylic acids is 1. The van der Waals surface area contributed by atoms with Crippen LogP contribution in [0.5, 0.6) is 11.8 Å². The SMILES string of the molecule is CCOc1nc2cccc(OC(=O)OC)c2n1Cc1ccc(-c2ccccc2)c(-c2nnn[nH]2)c1. The summed E-state index contributed by atoms with van der Waals surface area (Å²) >= 11 is 0. The molecule has 0 bridgehead atoms. The summed E-state index contributed by atoms with van der Waals surface area (Å²) in [5.41, 5.74) is 5.09. The van der Waals surface area contributed by atoms with E-state index in [1.807, 2.05) is 66.1 Å². The predicted octanol–water partition coefficient (Wildman–Crippen LogP) is 4.48. The van der Waals surface area contributed by atoms with Gasteiger partial charge in [-0.3, -0.25) is 4.57 Å². The van der Waals surface area contributed by atoms with Gasteiger partial charge in [-0.15, -0.1) is 5.10 Å². The summed E-state index contributed by atoms with van der Waals surface area (Å²) in [6.45, 7) is 2.72. The van der Waals surface area contributed by atoms with Crippen molar-refractivity contribution in [3.63, 3.8) is 0 Å². The summed E-state index contributed by atoms with van der Waals surface area (Å²) in [6.07, 6.45) is -0.810. The number of tetrazole rings is 1. The molecule has 5 rings (SSSR count). The number of H-pyrrole nitrogens is 1. The van der Waals surface area contributed by atoms with Gasteiger partial charge in [-0.05, 0) is 52.2 Å². The number of ether oxygens (including phenoxy) is 3. The standard InChI is InChI=1S/C25H22N6O4/c1-3-34-24-26-20-10-7-11-21(35-25(32)33-2)22(20)31(24)15-16-12-13-18(17-8-5-4-6-9-17)19(14-16)23-27-29-30-28-23/h4-14H,3,15H2,1-2H3,(H,27,28,29,30). The third kappa shape index (κ3) is 4.41. The highest BCUT2D eigenvalue weighted by Gasteiger charge is 2.19. The van der Waals surface area contributed by atoms with Gasteiger partial charge in [0.25, 0.3) is 6.01 Å². The molecule has 10 heteroatoms. The molecule has 0 amide bonds. The van der Waals surface area contributed by atoms with Gasteiger partial charge in [0.15, 0.2) is 11.6 Å². The molecule has 1 N–H and O–H groups in total. The molecule has 0 aliphatic carbocycles. The first-order chi connectivity index (χ1) is 17.2. The van der Waals surface area contributed by atoms with Crippen LogP contribution in [-0.2, 0) is 11.3 Å². The predicted molar refractivity (Wildman–Crippen MR) is 128 cm³/mol. The molecule has 0 spiro atoms. The number of nitrogens with zero attached hydrogens (tertiary/aromatic N) is 5. The van der Waals surface area contributed by atoms with Crippen molar-refractivity contribution in [2.75, 3.05) is 13.7 Å². The summed E-state index contributed by atoms with van der Waals surface area (Å²) in [5, 5.41) is 14.5. The second-order valence-electron chi connectivity index (χ2n) is 7.59. The Kier molecular flexibility index (Phi) is 6.08. The van der Waals surface area contributed by atoms with Crippen LogP contribution in [0, 0.1) is 0 Å². The van der Waals surface area contributed by atoms with Gasteiger partial charge < -0.3 is 14.2 Å². The molecule has 0 unspecified atom stereocenters. The molecule has 3 aromatic carbocycles. The van der Waals surface area contributed by atoms with Crippen LogP contribution in [0.2, 0.25) is 0 Å². The zero-order chi connectivity index (χ0) is 24.2. The molecule has 2 aromatic heterocycles. The Labute approximate surface area is 200 Å². The first-order valence-corrected chi connectivity index (χ1v) is 11.0. The zero-order valence-electron chi connectivity index (χ0n) is 19.1. The van der Waals surface area contributed by atoms with Crippen molar-refractivity contribution in [2.45, 2.75) is 13.5 Å². The highest BCUT2D eigenvalue weighted by atomic mass is 16.7. The first kappa shape index (κ1) is 22.1. The Bertz CT molecular complexity index is 1460. The number of para-hydroxylation sites is 1. The molecular weight excluding hydrogens is 448 g/mol. The Balaban J connectivity index is 1.62. The van der Waals surface area contributed by atoms with E-state index in [4.69, 9.17) is 9.47 Å². The minimum absolute atomic E-state index is 0.327. The quantitative estimate of drug-likeness (QED) is 0.273. The van der Waals surface area contributed by atoms with Crippen molar-refractivity contribution < 1.29 is 19.0 Å². The fourth-order valence-electron chi connectivity index (χ4n) is 3.94. The van der Waals surface area contributed by atoms with Crippen LogP contribution in [0.3, 0.4) is 0 Å². The van der Waals surface area contributed by atoms with Crippen LogP contribution in [0.4, 0.5) is 4.79 Å². The van der Waals surface area contributed by atoms with Gasteiger partial charge in [0.1, 0.15) is 5.52 Å². The van der Waals surface area contributed by atoms with Crippen LogP contribution in [0.15, 0.2) is 66.7 Å². The number of methoxy groups -OCH3 is 1. The number of rotatable bonds is 7. The van der Waals surface area contributed by atoms with Gasteiger partial charge in [0.05, 0.1) is 25.8 Å². The number of hydrogen-bond donors (Lipinski definition) is 1. The molecule has 2 heterocycles. The highest BCUT2D eigenvalue weighted by Crippen LogP contribution is 2.34. The molecule has 0 aliphatic heterocycles. The Hall–Kier alpha value is -4.73. The van der Waals surface area contributed by atoms with E-state index in [-0.39, 0.29) is 0 Å². The molecule has 0 fully saturated rings. The van der Waals surface area contributed by atoms with Crippen molar-refractivity contribution in [3.05, 3.63) is 72.3 Å². The van der Waals surface area contributed by atoms with E-state index < -0.39 is 6.16 Å². The number of imidazole rings is 1. The van der Waals surface area contributed by atoms with Crippen LogP contribution in [0.1, 0.15) is 12.5 Å². The Morgan fingerprint density at radius 2 is 1.89 bits per heavy atom. The van der Waals surface area contributed by atoms with Gasteiger partial charge >= 0.3 is 6.16 Å². The molecule has 176 valence electrons. The van der Waals surface area contributed by atoms with Crippen LogP contribution >= 0.6 is 0 Å². The van der Waals surface area contributed by atoms with Crippen molar-refractivity contribution in [3.8, 4) is 34.3 Å². The third-order valence-corrected chi connectivity index (χ3v) is 5.44. The summed E-state index contributed by atoms with van der Waals surface area (Å²) in [6, 6.07) is 21.8. The molecule has 0 saturated carbocycles. The van der Waals surface area contributed by atoms with Gasteiger partial charge in [-0.25, -0.2) is 9.89 Å². The molecule has 0 aliphatic rings. The molecule has 0 atom stereocenters. The maximum Gasteiger partial charge on any atom is 0.513 e. The van der Waals surface area contributed by atoms with Gasteiger partial charge in [-0.1, -0.05) is 48.5 Å². The molecule has 5 aromatic rings. The summed E-state index contributed by atoms with van der Waals surface area (Å²) in [4.78, 5) is 16.4. The molecule has 35 heavy (non-hydrogen) atoms. The Morgan fingerprint density at radius 1 is 1.03 bits per heavy atom. The number of aromatic nitrogens is 6. The van der Waals surface area contributed by atoms with Crippen molar-refractivity contribution in [1.29, 1.82) is 0 Å². The average molecular weight is 470 g/mol. The van der Waals surface area contributed by atoms with E-state index in [0.29, 0.717) is 41.8 Å². The Morgan fingerprint density at radius 3 is 2.63 bits per heavy atom. The van der Waals surface area contributed by atoms with Gasteiger partial charge in [0, 0.05) is 5.56 Å². The van der Waals surface area contributed by atoms with Crippen LogP contribution < -0.4 is 9.47 Å². The fraction of sp³-hybridized carbons (Fsp3) is 0.160. The lowest BCUT2D eigenvalue weighted by Gasteiger charge is -2.14. The second kappa shape index (κ2) is 9.64. The number of nitrogens with one attached hydrogen (secondary N) is 1. The number of fused-ring (bicyclic) bond motifs is 1. The summed E-state index contributed by atoms with van der Waals surface area (Å²) in [7, 11) is 1.26. The van der Waals surface area contributed by atoms with E-state index in [1.165, 1.54) is 7.11 Å². The maximum absolute atomic E-state index is 11.8. The van der Waals surface area contributed by atoms with E-state index in [0.717, 1.165) is 22.3 Å². The number of aromatic amines is 1. The van der Waals surface area contributed by atoms with Crippen molar-refractivity contribution in [1.82, 2.24) is 30.2 Å². The molecule has 0 saturated heterocycles. The normalized spacial score (nSPS) is 10.9. The van der Waals surface area contributed by atoms with Crippen molar-refractivity contribution in [2.24, 2.45) is 0 Å². The maximum atomic E-state index is 11.8. The third-order valence-electron chi connectivity index (χ3n) is 5.44. The van der Waals surface area contributed by atoms with Gasteiger partial charge in [0.2, 0.25) is 0 Å². The lowest BCUT2D eigenvalue weighted by atomic mass is 9.97. The van der Waals surface area contributed by atoms with E-state index in [9.17, 15) is 4.79 Å². The topological polar surface area (TPSA) is 117 Å². The number of benzene rings is 3. The minimum atomic E-state index is -0.810. The van der Waals surface area contributed by atoms with Crippen LogP contribution in [-0.4, -0.2) is 50.0 Å². The lowest BCUT2D eigenvalue weighted by molar-refractivity contribution is 0.122. The average Bonchev–Trinajstić information content (AvgIpc) is 3.54. The van der Waals surface area contributed by atoms with Crippen molar-refractivity contribution >= 4 is 17.2 Å². The molecule has 0 radical (unpaired) electrons. The number of carbonyl (C=O) groups is 1. The zero-order valence-corrected chi connectivity index (χ0v) is 19.1. The smallest absolute Gasteiger partial charge is 0.465 e.